The van der Waals surface area contributed by atoms with Gasteiger partial charge in [-0.15, -0.1) is 0 Å². The maximum Gasteiger partial charge on any atom is 0.255 e. The summed E-state index contributed by atoms with van der Waals surface area (Å²) in [6.07, 6.45) is 0.775. The van der Waals surface area contributed by atoms with Gasteiger partial charge >= 0.3 is 0 Å². The average Bonchev–Trinajstić information content (AvgIpc) is 2.62. The Bertz CT molecular complexity index is 570. The van der Waals surface area contributed by atoms with Gasteiger partial charge in [0.1, 0.15) is 5.54 Å². The highest BCUT2D eigenvalue weighted by molar-refractivity contribution is 6.30. The minimum Gasteiger partial charge on any atom is -0.342 e. The number of hydrogen-bond donors (Lipinski definition) is 1. The molecule has 1 unspecified atom stereocenters. The molecule has 0 spiro atoms. The predicted molar refractivity (Wildman–Crippen MR) is 86.4 cm³/mol. The molecule has 4 nitrogen and oxygen atoms in total. The Morgan fingerprint density at radius 3 is 2.71 bits per heavy atom. The molecule has 1 heterocycles. The van der Waals surface area contributed by atoms with E-state index in [0.717, 1.165) is 12.0 Å². The topological polar surface area (TPSA) is 44.7 Å². The lowest BCUT2D eigenvalue weighted by molar-refractivity contribution is -0.131. The quantitative estimate of drug-likeness (QED) is 0.929. The average molecular weight is 308 g/mol. The van der Waals surface area contributed by atoms with Crippen LogP contribution in [0.2, 0.25) is 5.02 Å². The van der Waals surface area contributed by atoms with Gasteiger partial charge in [0.2, 0.25) is 5.96 Å². The van der Waals surface area contributed by atoms with Crippen LogP contribution in [0, 0.1) is 5.92 Å². The number of benzene rings is 1. The third-order valence-electron chi connectivity index (χ3n) is 3.62. The second-order valence-corrected chi connectivity index (χ2v) is 6.56. The Morgan fingerprint density at radius 2 is 2.14 bits per heavy atom. The molecule has 1 saturated heterocycles. The van der Waals surface area contributed by atoms with Gasteiger partial charge in [-0.05, 0) is 37.0 Å². The Kier molecular flexibility index (Phi) is 4.57. The van der Waals surface area contributed by atoms with Crippen molar-refractivity contribution in [3.8, 4) is 0 Å². The van der Waals surface area contributed by atoms with Gasteiger partial charge in [0.15, 0.2) is 0 Å². The Hall–Kier alpha value is -1.55. The molecule has 1 aliphatic heterocycles. The number of carbonyl (C=O) groups is 1. The van der Waals surface area contributed by atoms with Crippen LogP contribution in [0.3, 0.4) is 0 Å². The van der Waals surface area contributed by atoms with Gasteiger partial charge in [0, 0.05) is 12.1 Å². The molecule has 1 N–H and O–H groups in total. The minimum atomic E-state index is -0.582. The molecule has 1 aromatic carbocycles. The Morgan fingerprint density at radius 1 is 1.43 bits per heavy atom. The van der Waals surface area contributed by atoms with E-state index in [1.54, 1.807) is 11.9 Å². The molecule has 1 aliphatic rings. The van der Waals surface area contributed by atoms with Crippen molar-refractivity contribution in [1.82, 2.24) is 10.2 Å². The van der Waals surface area contributed by atoms with Crippen LogP contribution in [-0.2, 0) is 11.3 Å². The van der Waals surface area contributed by atoms with Crippen LogP contribution in [0.15, 0.2) is 29.3 Å². The maximum absolute atomic E-state index is 12.8. The van der Waals surface area contributed by atoms with Gasteiger partial charge in [-0.2, -0.15) is 0 Å². The maximum atomic E-state index is 12.8. The number of guanidine groups is 1. The number of amides is 1. The van der Waals surface area contributed by atoms with Crippen molar-refractivity contribution in [2.75, 3.05) is 7.05 Å². The Balaban J connectivity index is 2.24. The summed E-state index contributed by atoms with van der Waals surface area (Å²) in [7, 11) is 1.70. The summed E-state index contributed by atoms with van der Waals surface area (Å²) in [5, 5.41) is 3.95. The third-order valence-corrected chi connectivity index (χ3v) is 3.85. The normalized spacial score (nSPS) is 24.0. The lowest BCUT2D eigenvalue weighted by Gasteiger charge is -2.24. The van der Waals surface area contributed by atoms with Crippen LogP contribution in [0.5, 0.6) is 0 Å². The van der Waals surface area contributed by atoms with Gasteiger partial charge in [0.05, 0.1) is 6.54 Å². The standard InChI is InChI=1S/C16H22ClN3O/c1-11(2)9-16(3)14(21)20(15(18-4)19-16)10-12-6-5-7-13(17)8-12/h5-8,11H,9-10H2,1-4H3,(H,18,19). The van der Waals surface area contributed by atoms with E-state index >= 15 is 0 Å². The van der Waals surface area contributed by atoms with Gasteiger partial charge in [-0.1, -0.05) is 37.6 Å². The first-order valence-electron chi connectivity index (χ1n) is 7.17. The summed E-state index contributed by atoms with van der Waals surface area (Å²) in [6.45, 7) is 6.65. The minimum absolute atomic E-state index is 0.0665. The molecule has 0 aromatic heterocycles. The molecular weight excluding hydrogens is 286 g/mol. The van der Waals surface area contributed by atoms with Crippen LogP contribution in [0.25, 0.3) is 0 Å². The summed E-state index contributed by atoms with van der Waals surface area (Å²) in [5.41, 5.74) is 0.411. The fourth-order valence-corrected chi connectivity index (χ4v) is 3.07. The first-order valence-corrected chi connectivity index (χ1v) is 7.55. The molecule has 114 valence electrons. The lowest BCUT2D eigenvalue weighted by atomic mass is 9.91. The second kappa shape index (κ2) is 6.06. The van der Waals surface area contributed by atoms with E-state index in [2.05, 4.69) is 24.2 Å². The van der Waals surface area contributed by atoms with Crippen LogP contribution in [0.4, 0.5) is 0 Å². The van der Waals surface area contributed by atoms with E-state index in [1.165, 1.54) is 0 Å². The fraction of sp³-hybridized carbons (Fsp3) is 0.500. The third kappa shape index (κ3) is 3.38. The molecule has 0 saturated carbocycles. The van der Waals surface area contributed by atoms with Gasteiger partial charge in [-0.3, -0.25) is 14.7 Å². The van der Waals surface area contributed by atoms with Crippen molar-refractivity contribution in [2.24, 2.45) is 10.9 Å². The van der Waals surface area contributed by atoms with Crippen molar-refractivity contribution in [2.45, 2.75) is 39.3 Å². The van der Waals surface area contributed by atoms with Crippen LogP contribution >= 0.6 is 11.6 Å². The highest BCUT2D eigenvalue weighted by Crippen LogP contribution is 2.26. The zero-order valence-electron chi connectivity index (χ0n) is 13.0. The molecule has 0 bridgehead atoms. The monoisotopic (exact) mass is 307 g/mol. The SMILES string of the molecule is CN=C1NC(C)(CC(C)C)C(=O)N1Cc1cccc(Cl)c1. The summed E-state index contributed by atoms with van der Waals surface area (Å²) in [4.78, 5) is 18.7. The summed E-state index contributed by atoms with van der Waals surface area (Å²) >= 11 is 6.01. The molecule has 1 aromatic rings. The number of carbonyl (C=O) groups excluding carboxylic acids is 1. The van der Waals surface area contributed by atoms with E-state index in [-0.39, 0.29) is 5.91 Å². The highest BCUT2D eigenvalue weighted by Gasteiger charge is 2.46. The molecule has 1 fully saturated rings. The largest absolute Gasteiger partial charge is 0.342 e. The first-order chi connectivity index (χ1) is 9.85. The van der Waals surface area contributed by atoms with Crippen molar-refractivity contribution < 1.29 is 4.79 Å². The van der Waals surface area contributed by atoms with Crippen LogP contribution in [-0.4, -0.2) is 29.4 Å². The van der Waals surface area contributed by atoms with Crippen LogP contribution in [0.1, 0.15) is 32.8 Å². The zero-order valence-corrected chi connectivity index (χ0v) is 13.7. The van der Waals surface area contributed by atoms with Crippen LogP contribution < -0.4 is 5.32 Å². The molecule has 0 aliphatic carbocycles. The van der Waals surface area contributed by atoms with E-state index in [1.807, 2.05) is 31.2 Å². The first kappa shape index (κ1) is 15.8. The van der Waals surface area contributed by atoms with E-state index < -0.39 is 5.54 Å². The molecule has 1 amide bonds. The highest BCUT2D eigenvalue weighted by atomic mass is 35.5. The molecular formula is C16H22ClN3O. The molecule has 2 rings (SSSR count). The fourth-order valence-electron chi connectivity index (χ4n) is 2.86. The number of hydrogen-bond acceptors (Lipinski definition) is 2. The van der Waals surface area contributed by atoms with Crippen molar-refractivity contribution >= 4 is 23.5 Å². The van der Waals surface area contributed by atoms with Gasteiger partial charge in [0.25, 0.3) is 5.91 Å². The lowest BCUT2D eigenvalue weighted by Crippen LogP contribution is -2.45. The number of aliphatic imine (C=N–C) groups is 1. The molecule has 5 heteroatoms. The van der Waals surface area contributed by atoms with Crippen molar-refractivity contribution in [3.05, 3.63) is 34.9 Å². The Labute approximate surface area is 131 Å². The van der Waals surface area contributed by atoms with E-state index in [4.69, 9.17) is 11.6 Å². The summed E-state index contributed by atoms with van der Waals surface area (Å²) in [6, 6.07) is 7.55. The number of nitrogens with one attached hydrogen (secondary N) is 1. The van der Waals surface area contributed by atoms with Gasteiger partial charge in [-0.25, -0.2) is 0 Å². The summed E-state index contributed by atoms with van der Waals surface area (Å²) < 4.78 is 0. The second-order valence-electron chi connectivity index (χ2n) is 6.12. The smallest absolute Gasteiger partial charge is 0.255 e. The van der Waals surface area contributed by atoms with E-state index in [0.29, 0.717) is 23.4 Å². The van der Waals surface area contributed by atoms with Gasteiger partial charge < -0.3 is 5.32 Å². The molecule has 0 radical (unpaired) electrons. The van der Waals surface area contributed by atoms with E-state index in [9.17, 15) is 4.79 Å². The van der Waals surface area contributed by atoms with Crippen molar-refractivity contribution in [1.29, 1.82) is 0 Å². The number of rotatable bonds is 4. The molecule has 21 heavy (non-hydrogen) atoms. The molecule has 1 atom stereocenters. The zero-order chi connectivity index (χ0) is 15.6. The summed E-state index contributed by atoms with van der Waals surface area (Å²) in [5.74, 6) is 1.12. The van der Waals surface area contributed by atoms with Crippen molar-refractivity contribution in [3.63, 3.8) is 0 Å². The predicted octanol–water partition coefficient (Wildman–Crippen LogP) is 3.06. The number of halogens is 1. The number of nitrogens with zero attached hydrogens (tertiary/aromatic N) is 2.